The SMILES string of the molecule is CC(C)n1cnnc1SCC(=O)N(C1CCCCC1)C1CCCCC1. The van der Waals surface area contributed by atoms with Gasteiger partial charge in [0.05, 0.1) is 5.75 Å². The zero-order valence-electron chi connectivity index (χ0n) is 15.7. The predicted molar refractivity (Wildman–Crippen MR) is 102 cm³/mol. The lowest BCUT2D eigenvalue weighted by Gasteiger charge is -2.41. The number of rotatable bonds is 6. The summed E-state index contributed by atoms with van der Waals surface area (Å²) in [6.07, 6.45) is 14.3. The van der Waals surface area contributed by atoms with Crippen LogP contribution in [0.2, 0.25) is 0 Å². The molecule has 5 nitrogen and oxygen atoms in total. The van der Waals surface area contributed by atoms with Crippen LogP contribution in [0.5, 0.6) is 0 Å². The van der Waals surface area contributed by atoms with Crippen LogP contribution in [0.25, 0.3) is 0 Å². The molecule has 1 aromatic heterocycles. The molecule has 0 atom stereocenters. The van der Waals surface area contributed by atoms with Crippen molar-refractivity contribution >= 4 is 17.7 Å². The molecule has 0 N–H and O–H groups in total. The third-order valence-electron chi connectivity index (χ3n) is 5.65. The van der Waals surface area contributed by atoms with Crippen LogP contribution in [0.4, 0.5) is 0 Å². The van der Waals surface area contributed by atoms with Crippen LogP contribution >= 0.6 is 11.8 Å². The molecule has 1 heterocycles. The van der Waals surface area contributed by atoms with E-state index in [1.807, 2.05) is 4.57 Å². The summed E-state index contributed by atoms with van der Waals surface area (Å²) in [6, 6.07) is 1.25. The van der Waals surface area contributed by atoms with E-state index in [0.717, 1.165) is 5.16 Å². The van der Waals surface area contributed by atoms with Crippen molar-refractivity contribution in [3.05, 3.63) is 6.33 Å². The van der Waals surface area contributed by atoms with Crippen LogP contribution in [0.15, 0.2) is 11.5 Å². The first-order chi connectivity index (χ1) is 12.2. The Kier molecular flexibility index (Phi) is 6.79. The second kappa shape index (κ2) is 9.06. The molecule has 2 aliphatic carbocycles. The van der Waals surface area contributed by atoms with Gasteiger partial charge >= 0.3 is 0 Å². The normalized spacial score (nSPS) is 20.1. The molecule has 140 valence electrons. The van der Waals surface area contributed by atoms with E-state index in [2.05, 4.69) is 28.9 Å². The Morgan fingerprint density at radius 1 is 1.12 bits per heavy atom. The van der Waals surface area contributed by atoms with Crippen molar-refractivity contribution in [2.45, 2.75) is 101 Å². The molecule has 0 bridgehead atoms. The highest BCUT2D eigenvalue weighted by molar-refractivity contribution is 7.99. The Balaban J connectivity index is 1.66. The molecule has 2 fully saturated rings. The van der Waals surface area contributed by atoms with E-state index in [1.54, 1.807) is 18.1 Å². The molecule has 6 heteroatoms. The van der Waals surface area contributed by atoms with Gasteiger partial charge in [-0.15, -0.1) is 10.2 Å². The van der Waals surface area contributed by atoms with E-state index in [9.17, 15) is 4.79 Å². The molecule has 3 rings (SSSR count). The average Bonchev–Trinajstić information content (AvgIpc) is 3.11. The van der Waals surface area contributed by atoms with Gasteiger partial charge in [0.1, 0.15) is 6.33 Å². The van der Waals surface area contributed by atoms with Crippen molar-refractivity contribution in [3.63, 3.8) is 0 Å². The maximum atomic E-state index is 13.2. The molecular formula is C19H32N4OS. The first-order valence-corrected chi connectivity index (χ1v) is 11.0. The van der Waals surface area contributed by atoms with Crippen LogP contribution in [0.1, 0.15) is 84.1 Å². The van der Waals surface area contributed by atoms with Gasteiger partial charge in [-0.05, 0) is 39.5 Å². The van der Waals surface area contributed by atoms with Gasteiger partial charge in [0, 0.05) is 18.1 Å². The molecule has 1 aromatic rings. The van der Waals surface area contributed by atoms with Gasteiger partial charge in [0.2, 0.25) is 5.91 Å². The van der Waals surface area contributed by atoms with E-state index >= 15 is 0 Å². The minimum absolute atomic E-state index is 0.308. The van der Waals surface area contributed by atoms with Crippen LogP contribution < -0.4 is 0 Å². The Morgan fingerprint density at radius 2 is 1.68 bits per heavy atom. The Hall–Kier alpha value is -1.04. The Morgan fingerprint density at radius 3 is 2.20 bits per heavy atom. The first-order valence-electron chi connectivity index (χ1n) is 10.00. The number of hydrogen-bond acceptors (Lipinski definition) is 4. The fraction of sp³-hybridized carbons (Fsp3) is 0.842. The first kappa shape index (κ1) is 18.7. The lowest BCUT2D eigenvalue weighted by atomic mass is 9.88. The van der Waals surface area contributed by atoms with Crippen molar-refractivity contribution in [2.24, 2.45) is 0 Å². The maximum Gasteiger partial charge on any atom is 0.233 e. The van der Waals surface area contributed by atoms with E-state index in [4.69, 9.17) is 0 Å². The Labute approximate surface area is 155 Å². The summed E-state index contributed by atoms with van der Waals surface area (Å²) in [4.78, 5) is 15.5. The number of aromatic nitrogens is 3. The number of amides is 1. The van der Waals surface area contributed by atoms with E-state index in [1.165, 1.54) is 64.2 Å². The summed E-state index contributed by atoms with van der Waals surface area (Å²) >= 11 is 1.54. The largest absolute Gasteiger partial charge is 0.336 e. The van der Waals surface area contributed by atoms with Crippen LogP contribution in [-0.4, -0.2) is 43.4 Å². The second-order valence-corrected chi connectivity index (χ2v) is 8.73. The van der Waals surface area contributed by atoms with E-state index in [-0.39, 0.29) is 0 Å². The molecule has 2 saturated carbocycles. The molecule has 2 aliphatic rings. The van der Waals surface area contributed by atoms with Crippen LogP contribution in [0, 0.1) is 0 Å². The van der Waals surface area contributed by atoms with Gasteiger partial charge in [-0.2, -0.15) is 0 Å². The third kappa shape index (κ3) is 4.78. The van der Waals surface area contributed by atoms with Crippen molar-refractivity contribution in [3.8, 4) is 0 Å². The number of carbonyl (C=O) groups excluding carboxylic acids is 1. The lowest BCUT2D eigenvalue weighted by molar-refractivity contribution is -0.135. The minimum Gasteiger partial charge on any atom is -0.336 e. The zero-order chi connectivity index (χ0) is 17.6. The number of hydrogen-bond donors (Lipinski definition) is 0. The molecule has 0 aromatic carbocycles. The van der Waals surface area contributed by atoms with Crippen molar-refractivity contribution in [2.75, 3.05) is 5.75 Å². The molecule has 0 saturated heterocycles. The van der Waals surface area contributed by atoms with Gasteiger partial charge in [0.25, 0.3) is 0 Å². The summed E-state index contributed by atoms with van der Waals surface area (Å²) in [7, 11) is 0. The number of nitrogens with zero attached hydrogens (tertiary/aromatic N) is 4. The fourth-order valence-corrected chi connectivity index (χ4v) is 5.23. The van der Waals surface area contributed by atoms with Gasteiger partial charge < -0.3 is 9.47 Å². The van der Waals surface area contributed by atoms with Crippen LogP contribution in [-0.2, 0) is 4.79 Å². The maximum absolute atomic E-state index is 13.2. The number of thioether (sulfide) groups is 1. The molecule has 0 radical (unpaired) electrons. The van der Waals surface area contributed by atoms with Gasteiger partial charge in [0.15, 0.2) is 5.16 Å². The highest BCUT2D eigenvalue weighted by Gasteiger charge is 2.32. The van der Waals surface area contributed by atoms with Crippen LogP contribution in [0.3, 0.4) is 0 Å². The van der Waals surface area contributed by atoms with Crippen molar-refractivity contribution < 1.29 is 4.79 Å². The van der Waals surface area contributed by atoms with E-state index < -0.39 is 0 Å². The summed E-state index contributed by atoms with van der Waals surface area (Å²) in [5, 5.41) is 9.07. The molecule has 0 spiro atoms. The summed E-state index contributed by atoms with van der Waals surface area (Å²) in [5.74, 6) is 0.792. The smallest absolute Gasteiger partial charge is 0.233 e. The molecular weight excluding hydrogens is 332 g/mol. The van der Waals surface area contributed by atoms with Gasteiger partial charge in [-0.25, -0.2) is 0 Å². The molecule has 0 aliphatic heterocycles. The summed E-state index contributed by atoms with van der Waals surface area (Å²) < 4.78 is 2.05. The van der Waals surface area contributed by atoms with Crippen molar-refractivity contribution in [1.29, 1.82) is 0 Å². The van der Waals surface area contributed by atoms with Gasteiger partial charge in [-0.3, -0.25) is 4.79 Å². The summed E-state index contributed by atoms with van der Waals surface area (Å²) in [5.41, 5.74) is 0. The average molecular weight is 365 g/mol. The van der Waals surface area contributed by atoms with Gasteiger partial charge in [-0.1, -0.05) is 50.3 Å². The second-order valence-electron chi connectivity index (χ2n) is 7.79. The third-order valence-corrected chi connectivity index (χ3v) is 6.59. The number of carbonyl (C=O) groups is 1. The monoisotopic (exact) mass is 364 g/mol. The highest BCUT2D eigenvalue weighted by atomic mass is 32.2. The topological polar surface area (TPSA) is 51.0 Å². The molecule has 1 amide bonds. The Bertz CT molecular complexity index is 529. The molecule has 0 unspecified atom stereocenters. The molecule has 25 heavy (non-hydrogen) atoms. The quantitative estimate of drug-likeness (QED) is 0.700. The zero-order valence-corrected chi connectivity index (χ0v) is 16.5. The van der Waals surface area contributed by atoms with Crippen molar-refractivity contribution in [1.82, 2.24) is 19.7 Å². The fourth-order valence-electron chi connectivity index (χ4n) is 4.31. The summed E-state index contributed by atoms with van der Waals surface area (Å²) in [6.45, 7) is 4.23. The highest BCUT2D eigenvalue weighted by Crippen LogP contribution is 2.31. The van der Waals surface area contributed by atoms with E-state index in [0.29, 0.717) is 29.8 Å². The predicted octanol–water partition coefficient (Wildman–Crippen LogP) is 4.45. The minimum atomic E-state index is 0.308. The standard InChI is InChI=1S/C19H32N4OS/c1-15(2)22-14-20-21-19(22)25-13-18(24)23(16-9-5-3-6-10-16)17-11-7-4-8-12-17/h14-17H,3-13H2,1-2H3. The lowest BCUT2D eigenvalue weighted by Crippen LogP contribution is -2.49.